The number of rotatable bonds is 6. The highest BCUT2D eigenvalue weighted by Gasteiger charge is 2.28. The Hall–Kier alpha value is -5.15. The minimum atomic E-state index is 0.266. The smallest absolute Gasteiger partial charge is 0.123 e. The van der Waals surface area contributed by atoms with E-state index in [1.165, 1.54) is 16.7 Å². The molecule has 0 bridgehead atoms. The van der Waals surface area contributed by atoms with Gasteiger partial charge in [-0.3, -0.25) is 0 Å². The number of hydrogen-bond donors (Lipinski definition) is 2. The third-order valence-electron chi connectivity index (χ3n) is 9.13. The Morgan fingerprint density at radius 1 is 0.556 bits per heavy atom. The third-order valence-corrected chi connectivity index (χ3v) is 9.13. The SMILES string of the molecule is Cc1c(-c2ccc[nH]2)cc(-c2c(C(C)C)cccc2C(C)C)c(-c2ccccc2O)c1-c1c2ccccc2nc2ccccc12. The number of phenolic OH excluding ortho intramolecular Hbond substituents is 1. The van der Waals surface area contributed by atoms with Crippen molar-refractivity contribution in [2.24, 2.45) is 0 Å². The summed E-state index contributed by atoms with van der Waals surface area (Å²) in [6, 6.07) is 37.9. The molecule has 45 heavy (non-hydrogen) atoms. The molecule has 0 amide bonds. The van der Waals surface area contributed by atoms with Crippen LogP contribution in [0, 0.1) is 6.92 Å². The monoisotopic (exact) mass is 586 g/mol. The molecule has 0 aliphatic rings. The number of fused-ring (bicyclic) bond motifs is 2. The van der Waals surface area contributed by atoms with Gasteiger partial charge in [0.1, 0.15) is 5.75 Å². The van der Waals surface area contributed by atoms with Crippen LogP contribution in [0.4, 0.5) is 0 Å². The van der Waals surface area contributed by atoms with Gasteiger partial charge in [-0.2, -0.15) is 0 Å². The Balaban J connectivity index is 1.79. The molecule has 0 radical (unpaired) electrons. The Labute approximate surface area is 265 Å². The Bertz CT molecular complexity index is 2110. The van der Waals surface area contributed by atoms with Crippen LogP contribution in [0.2, 0.25) is 0 Å². The minimum Gasteiger partial charge on any atom is -0.507 e. The molecule has 2 aromatic heterocycles. The molecule has 0 aliphatic carbocycles. The molecule has 0 aliphatic heterocycles. The number of nitrogens with one attached hydrogen (secondary N) is 1. The normalized spacial score (nSPS) is 11.7. The summed E-state index contributed by atoms with van der Waals surface area (Å²) in [5, 5.41) is 13.8. The lowest BCUT2D eigenvalue weighted by Crippen LogP contribution is -2.04. The summed E-state index contributed by atoms with van der Waals surface area (Å²) in [7, 11) is 0. The predicted octanol–water partition coefficient (Wildman–Crippen LogP) is 11.6. The highest BCUT2D eigenvalue weighted by Crippen LogP contribution is 2.52. The van der Waals surface area contributed by atoms with E-state index in [-0.39, 0.29) is 5.75 Å². The summed E-state index contributed by atoms with van der Waals surface area (Å²) in [6.45, 7) is 11.3. The zero-order valence-electron chi connectivity index (χ0n) is 26.5. The quantitative estimate of drug-likeness (QED) is 0.190. The number of benzene rings is 5. The lowest BCUT2D eigenvalue weighted by molar-refractivity contribution is 0.477. The standard InChI is InChI=1S/C42H38N2O/c1-25(2)28-17-12-18-29(26(3)4)40(28)34-24-33(35-21-13-23-43-35)27(5)39(42(34)32-16-8-11-22-38(32)45)41-30-14-6-9-19-36(30)44-37-20-10-7-15-31(37)41/h6-26,43,45H,1-5H3. The van der Waals surface area contributed by atoms with Gasteiger partial charge in [0.05, 0.1) is 11.0 Å². The largest absolute Gasteiger partial charge is 0.507 e. The molecule has 2 N–H and O–H groups in total. The van der Waals surface area contributed by atoms with E-state index in [4.69, 9.17) is 4.98 Å². The van der Waals surface area contributed by atoms with Gasteiger partial charge in [0, 0.05) is 44.9 Å². The highest BCUT2D eigenvalue weighted by molar-refractivity contribution is 6.15. The maximum absolute atomic E-state index is 11.6. The number of aromatic nitrogens is 2. The van der Waals surface area contributed by atoms with Crippen LogP contribution in [-0.4, -0.2) is 15.1 Å². The number of hydrogen-bond acceptors (Lipinski definition) is 2. The first-order chi connectivity index (χ1) is 21.8. The van der Waals surface area contributed by atoms with E-state index in [9.17, 15) is 5.11 Å². The molecule has 0 saturated carbocycles. The van der Waals surface area contributed by atoms with Crippen LogP contribution in [0.3, 0.4) is 0 Å². The van der Waals surface area contributed by atoms with Gasteiger partial charge < -0.3 is 10.1 Å². The van der Waals surface area contributed by atoms with Crippen LogP contribution in [0.1, 0.15) is 56.2 Å². The average molecular weight is 587 g/mol. The van der Waals surface area contributed by atoms with Gasteiger partial charge >= 0.3 is 0 Å². The molecule has 7 aromatic rings. The fraction of sp³-hybridized carbons (Fsp3) is 0.167. The molecule has 0 unspecified atom stereocenters. The number of phenols is 1. The maximum atomic E-state index is 11.6. The second kappa shape index (κ2) is 11.4. The minimum absolute atomic E-state index is 0.266. The molecule has 0 spiro atoms. The predicted molar refractivity (Wildman–Crippen MR) is 190 cm³/mol. The van der Waals surface area contributed by atoms with E-state index in [2.05, 4.69) is 131 Å². The second-order valence-corrected chi connectivity index (χ2v) is 12.6. The third kappa shape index (κ3) is 4.80. The summed E-state index contributed by atoms with van der Waals surface area (Å²) in [4.78, 5) is 8.60. The molecular weight excluding hydrogens is 548 g/mol. The maximum Gasteiger partial charge on any atom is 0.123 e. The molecule has 5 aromatic carbocycles. The summed E-state index contributed by atoms with van der Waals surface area (Å²) >= 11 is 0. The zero-order chi connectivity index (χ0) is 31.2. The van der Waals surface area contributed by atoms with Crippen LogP contribution < -0.4 is 0 Å². The van der Waals surface area contributed by atoms with E-state index in [0.29, 0.717) is 11.8 Å². The van der Waals surface area contributed by atoms with E-state index < -0.39 is 0 Å². The van der Waals surface area contributed by atoms with Gasteiger partial charge in [0.15, 0.2) is 0 Å². The summed E-state index contributed by atoms with van der Waals surface area (Å²) < 4.78 is 0. The molecule has 0 saturated heterocycles. The van der Waals surface area contributed by atoms with Crippen molar-refractivity contribution in [3.63, 3.8) is 0 Å². The summed E-state index contributed by atoms with van der Waals surface area (Å²) in [5.74, 6) is 0.872. The van der Waals surface area contributed by atoms with Crippen molar-refractivity contribution in [1.82, 2.24) is 9.97 Å². The van der Waals surface area contributed by atoms with Crippen molar-refractivity contribution in [1.29, 1.82) is 0 Å². The Morgan fingerprint density at radius 2 is 1.16 bits per heavy atom. The first-order valence-corrected chi connectivity index (χ1v) is 15.9. The molecule has 7 rings (SSSR count). The van der Waals surface area contributed by atoms with E-state index in [1.807, 2.05) is 18.3 Å². The van der Waals surface area contributed by atoms with Gasteiger partial charge in [0.25, 0.3) is 0 Å². The topological polar surface area (TPSA) is 48.9 Å². The molecule has 2 heterocycles. The zero-order valence-corrected chi connectivity index (χ0v) is 26.5. The number of nitrogens with zero attached hydrogens (tertiary/aromatic N) is 1. The van der Waals surface area contributed by atoms with Gasteiger partial charge in [-0.1, -0.05) is 100 Å². The van der Waals surface area contributed by atoms with Crippen molar-refractivity contribution in [2.45, 2.75) is 46.5 Å². The average Bonchev–Trinajstić information content (AvgIpc) is 3.58. The molecule has 0 fully saturated rings. The van der Waals surface area contributed by atoms with Crippen LogP contribution >= 0.6 is 0 Å². The highest BCUT2D eigenvalue weighted by atomic mass is 16.3. The summed E-state index contributed by atoms with van der Waals surface area (Å²) in [5.41, 5.74) is 14.3. The second-order valence-electron chi connectivity index (χ2n) is 12.6. The van der Waals surface area contributed by atoms with E-state index in [1.54, 1.807) is 6.07 Å². The molecular formula is C42H38N2O. The first-order valence-electron chi connectivity index (χ1n) is 15.9. The lowest BCUT2D eigenvalue weighted by Gasteiger charge is -2.27. The van der Waals surface area contributed by atoms with Crippen LogP contribution in [0.25, 0.3) is 66.4 Å². The van der Waals surface area contributed by atoms with Crippen molar-refractivity contribution < 1.29 is 5.11 Å². The van der Waals surface area contributed by atoms with Crippen LogP contribution in [0.15, 0.2) is 115 Å². The van der Waals surface area contributed by atoms with Crippen LogP contribution in [0.5, 0.6) is 5.75 Å². The Kier molecular flexibility index (Phi) is 7.25. The number of para-hydroxylation sites is 3. The van der Waals surface area contributed by atoms with E-state index >= 15 is 0 Å². The molecule has 3 nitrogen and oxygen atoms in total. The number of aromatic amines is 1. The van der Waals surface area contributed by atoms with Gasteiger partial charge in [-0.15, -0.1) is 0 Å². The van der Waals surface area contributed by atoms with Gasteiger partial charge in [-0.05, 0) is 88.5 Å². The first kappa shape index (κ1) is 28.6. The molecule has 0 atom stereocenters. The number of H-pyrrole nitrogens is 1. The fourth-order valence-corrected chi connectivity index (χ4v) is 7.00. The van der Waals surface area contributed by atoms with E-state index in [0.717, 1.165) is 66.4 Å². The van der Waals surface area contributed by atoms with Crippen molar-refractivity contribution >= 4 is 21.8 Å². The van der Waals surface area contributed by atoms with Crippen molar-refractivity contribution in [3.8, 4) is 50.4 Å². The fourth-order valence-electron chi connectivity index (χ4n) is 7.00. The van der Waals surface area contributed by atoms with Gasteiger partial charge in [-0.25, -0.2) is 4.98 Å². The number of pyridine rings is 1. The Morgan fingerprint density at radius 3 is 1.73 bits per heavy atom. The van der Waals surface area contributed by atoms with Crippen molar-refractivity contribution in [3.05, 3.63) is 132 Å². The molecule has 3 heteroatoms. The van der Waals surface area contributed by atoms with Crippen molar-refractivity contribution in [2.75, 3.05) is 0 Å². The lowest BCUT2D eigenvalue weighted by atomic mass is 9.76. The van der Waals surface area contributed by atoms with Crippen LogP contribution in [-0.2, 0) is 0 Å². The molecule has 222 valence electrons. The van der Waals surface area contributed by atoms with Gasteiger partial charge in [0.2, 0.25) is 0 Å². The summed E-state index contributed by atoms with van der Waals surface area (Å²) in [6.07, 6.45) is 1.99. The number of aromatic hydroxyl groups is 1.